The fraction of sp³-hybridized carbons (Fsp3) is 0.462. The number of carbonyl (C=O) groups is 1. The second-order valence-electron chi connectivity index (χ2n) is 4.90. The first-order valence-electron chi connectivity index (χ1n) is 6.04. The van der Waals surface area contributed by atoms with Crippen molar-refractivity contribution in [2.75, 3.05) is 0 Å². The lowest BCUT2D eigenvalue weighted by molar-refractivity contribution is -0.236. The van der Waals surface area contributed by atoms with Crippen LogP contribution in [0.3, 0.4) is 0 Å². The number of amides is 1. The Morgan fingerprint density at radius 2 is 2.17 bits per heavy atom. The molecule has 4 nitrogen and oxygen atoms in total. The molecule has 1 saturated carbocycles. The molecule has 1 spiro atoms. The summed E-state index contributed by atoms with van der Waals surface area (Å²) in [5, 5.41) is 11.7. The first-order chi connectivity index (χ1) is 8.63. The van der Waals surface area contributed by atoms with E-state index in [0.29, 0.717) is 17.9 Å². The van der Waals surface area contributed by atoms with Crippen LogP contribution in [0.5, 0.6) is 0 Å². The number of hydroxylamine groups is 2. The van der Waals surface area contributed by atoms with E-state index in [-0.39, 0.29) is 12.5 Å². The van der Waals surface area contributed by atoms with Crippen LogP contribution in [0.1, 0.15) is 24.8 Å². The standard InChI is InChI=1S/C13H14ClNO3/c14-10-5-2-1-4-9(10)8-15-11(16)13(6-3-7-13)12(17)18-15/h1-2,4-5,12,17H,3,6-8H2. The van der Waals surface area contributed by atoms with Crippen molar-refractivity contribution in [2.24, 2.45) is 5.41 Å². The van der Waals surface area contributed by atoms with Crippen molar-refractivity contribution in [1.82, 2.24) is 5.06 Å². The lowest BCUT2D eigenvalue weighted by atomic mass is 9.68. The number of carbonyl (C=O) groups excluding carboxylic acids is 1. The third kappa shape index (κ3) is 1.64. The summed E-state index contributed by atoms with van der Waals surface area (Å²) >= 11 is 6.05. The summed E-state index contributed by atoms with van der Waals surface area (Å²) in [6, 6.07) is 7.31. The van der Waals surface area contributed by atoms with Gasteiger partial charge in [0.2, 0.25) is 0 Å². The van der Waals surface area contributed by atoms with Crippen LogP contribution in [-0.2, 0) is 16.2 Å². The minimum atomic E-state index is -1.01. The summed E-state index contributed by atoms with van der Waals surface area (Å²) < 4.78 is 0. The van der Waals surface area contributed by atoms with Gasteiger partial charge in [-0.2, -0.15) is 0 Å². The Bertz CT molecular complexity index is 487. The quantitative estimate of drug-likeness (QED) is 0.893. The van der Waals surface area contributed by atoms with Gasteiger partial charge in [-0.15, -0.1) is 0 Å². The monoisotopic (exact) mass is 267 g/mol. The van der Waals surface area contributed by atoms with Gasteiger partial charge in [0.25, 0.3) is 5.91 Å². The molecule has 96 valence electrons. The summed E-state index contributed by atoms with van der Waals surface area (Å²) in [6.45, 7) is 0.275. The molecule has 1 unspecified atom stereocenters. The Kier molecular flexibility index (Phi) is 2.81. The van der Waals surface area contributed by atoms with Gasteiger partial charge in [-0.05, 0) is 24.5 Å². The van der Waals surface area contributed by atoms with Crippen molar-refractivity contribution in [1.29, 1.82) is 0 Å². The van der Waals surface area contributed by atoms with E-state index in [9.17, 15) is 9.90 Å². The molecule has 1 aliphatic carbocycles. The SMILES string of the molecule is O=C1N(Cc2ccccc2Cl)OC(O)C12CCC2. The molecule has 1 saturated heterocycles. The number of aliphatic hydroxyl groups is 1. The Morgan fingerprint density at radius 3 is 2.72 bits per heavy atom. The fourth-order valence-electron chi connectivity index (χ4n) is 2.53. The minimum Gasteiger partial charge on any atom is -0.365 e. The van der Waals surface area contributed by atoms with Gasteiger partial charge < -0.3 is 5.11 Å². The summed E-state index contributed by atoms with van der Waals surface area (Å²) in [6.07, 6.45) is 1.35. The maximum Gasteiger partial charge on any atom is 0.257 e. The molecule has 5 heteroatoms. The van der Waals surface area contributed by atoms with Crippen LogP contribution in [-0.4, -0.2) is 22.4 Å². The van der Waals surface area contributed by atoms with E-state index in [4.69, 9.17) is 16.4 Å². The van der Waals surface area contributed by atoms with Crippen LogP contribution in [0.15, 0.2) is 24.3 Å². The predicted molar refractivity (Wildman–Crippen MR) is 65.4 cm³/mol. The zero-order chi connectivity index (χ0) is 12.8. The molecule has 0 bridgehead atoms. The number of hydrogen-bond acceptors (Lipinski definition) is 3. The third-order valence-electron chi connectivity index (χ3n) is 3.87. The molecule has 0 aromatic heterocycles. The molecule has 0 radical (unpaired) electrons. The third-order valence-corrected chi connectivity index (χ3v) is 4.24. The van der Waals surface area contributed by atoms with Gasteiger partial charge in [0.1, 0.15) is 5.41 Å². The van der Waals surface area contributed by atoms with Crippen LogP contribution in [0.2, 0.25) is 5.02 Å². The highest BCUT2D eigenvalue weighted by Gasteiger charge is 2.58. The Labute approximate surface area is 110 Å². The Morgan fingerprint density at radius 1 is 1.44 bits per heavy atom. The number of rotatable bonds is 2. The number of benzene rings is 1. The fourth-order valence-corrected chi connectivity index (χ4v) is 2.73. The Balaban J connectivity index is 1.79. The van der Waals surface area contributed by atoms with Crippen molar-refractivity contribution in [3.8, 4) is 0 Å². The topological polar surface area (TPSA) is 49.8 Å². The van der Waals surface area contributed by atoms with E-state index in [1.165, 1.54) is 5.06 Å². The first-order valence-corrected chi connectivity index (χ1v) is 6.41. The lowest BCUT2D eigenvalue weighted by Crippen LogP contribution is -2.44. The van der Waals surface area contributed by atoms with Gasteiger partial charge in [-0.25, -0.2) is 9.90 Å². The zero-order valence-corrected chi connectivity index (χ0v) is 10.6. The predicted octanol–water partition coefficient (Wildman–Crippen LogP) is 2.10. The van der Waals surface area contributed by atoms with E-state index >= 15 is 0 Å². The minimum absolute atomic E-state index is 0.124. The zero-order valence-electron chi connectivity index (χ0n) is 9.80. The van der Waals surface area contributed by atoms with Gasteiger partial charge in [-0.1, -0.05) is 36.2 Å². The smallest absolute Gasteiger partial charge is 0.257 e. The van der Waals surface area contributed by atoms with Crippen molar-refractivity contribution in [2.45, 2.75) is 32.1 Å². The van der Waals surface area contributed by atoms with Gasteiger partial charge >= 0.3 is 0 Å². The van der Waals surface area contributed by atoms with E-state index in [0.717, 1.165) is 12.0 Å². The normalized spacial score (nSPS) is 25.6. The molecule has 3 rings (SSSR count). The van der Waals surface area contributed by atoms with E-state index in [2.05, 4.69) is 0 Å². The second kappa shape index (κ2) is 4.23. The molecular formula is C13H14ClNO3. The molecular weight excluding hydrogens is 254 g/mol. The number of halogens is 1. The number of aliphatic hydroxyl groups excluding tert-OH is 1. The first kappa shape index (κ1) is 12.0. The molecule has 2 aliphatic rings. The van der Waals surface area contributed by atoms with Crippen LogP contribution in [0.25, 0.3) is 0 Å². The largest absolute Gasteiger partial charge is 0.365 e. The van der Waals surface area contributed by atoms with Crippen LogP contribution < -0.4 is 0 Å². The summed E-state index contributed by atoms with van der Waals surface area (Å²) in [5.41, 5.74) is 0.123. The van der Waals surface area contributed by atoms with E-state index in [1.54, 1.807) is 6.07 Å². The van der Waals surface area contributed by atoms with Crippen LogP contribution >= 0.6 is 11.6 Å². The highest BCUT2D eigenvalue weighted by molar-refractivity contribution is 6.31. The van der Waals surface area contributed by atoms with Gasteiger partial charge in [0.05, 0.1) is 6.54 Å². The molecule has 1 aromatic rings. The molecule has 1 aliphatic heterocycles. The van der Waals surface area contributed by atoms with Crippen molar-refractivity contribution in [3.63, 3.8) is 0 Å². The van der Waals surface area contributed by atoms with Crippen molar-refractivity contribution in [3.05, 3.63) is 34.9 Å². The van der Waals surface area contributed by atoms with E-state index < -0.39 is 11.7 Å². The molecule has 1 atom stereocenters. The lowest BCUT2D eigenvalue weighted by Gasteiger charge is -2.35. The number of nitrogens with zero attached hydrogens (tertiary/aromatic N) is 1. The average molecular weight is 268 g/mol. The summed E-state index contributed by atoms with van der Waals surface area (Å²) in [5.74, 6) is -0.124. The van der Waals surface area contributed by atoms with Crippen LogP contribution in [0.4, 0.5) is 0 Å². The average Bonchev–Trinajstić information content (AvgIpc) is 2.53. The maximum atomic E-state index is 12.2. The highest BCUT2D eigenvalue weighted by atomic mass is 35.5. The molecule has 1 heterocycles. The summed E-state index contributed by atoms with van der Waals surface area (Å²) in [7, 11) is 0. The van der Waals surface area contributed by atoms with E-state index in [1.807, 2.05) is 18.2 Å². The van der Waals surface area contributed by atoms with Gasteiger partial charge in [-0.3, -0.25) is 4.79 Å². The molecule has 1 aromatic carbocycles. The maximum absolute atomic E-state index is 12.2. The van der Waals surface area contributed by atoms with Gasteiger partial charge in [0, 0.05) is 5.02 Å². The highest BCUT2D eigenvalue weighted by Crippen LogP contribution is 2.50. The molecule has 1 N–H and O–H groups in total. The molecule has 2 fully saturated rings. The summed E-state index contributed by atoms with van der Waals surface area (Å²) in [4.78, 5) is 17.5. The van der Waals surface area contributed by atoms with Crippen LogP contribution in [0, 0.1) is 5.41 Å². The number of hydrogen-bond donors (Lipinski definition) is 1. The second-order valence-corrected chi connectivity index (χ2v) is 5.31. The van der Waals surface area contributed by atoms with Gasteiger partial charge in [0.15, 0.2) is 6.29 Å². The van der Waals surface area contributed by atoms with Crippen molar-refractivity contribution >= 4 is 17.5 Å². The van der Waals surface area contributed by atoms with Crippen molar-refractivity contribution < 1.29 is 14.7 Å². The Hall–Kier alpha value is -1.10. The molecule has 1 amide bonds. The molecule has 18 heavy (non-hydrogen) atoms.